The van der Waals surface area contributed by atoms with Gasteiger partial charge in [0.05, 0.1) is 0 Å². The largest absolute Gasteiger partial charge is 0.313 e. The van der Waals surface area contributed by atoms with E-state index in [1.807, 2.05) is 19.2 Å². The number of hydrogen-bond acceptors (Lipinski definition) is 2. The predicted molar refractivity (Wildman–Crippen MR) is 51.2 cm³/mol. The summed E-state index contributed by atoms with van der Waals surface area (Å²) in [5.41, 5.74) is 1.28. The van der Waals surface area contributed by atoms with E-state index in [-0.39, 0.29) is 0 Å². The van der Waals surface area contributed by atoms with Crippen molar-refractivity contribution in [2.24, 2.45) is 0 Å². The van der Waals surface area contributed by atoms with Crippen molar-refractivity contribution < 1.29 is 0 Å². The van der Waals surface area contributed by atoms with Crippen LogP contribution in [0.5, 0.6) is 0 Å². The minimum Gasteiger partial charge on any atom is -0.313 e. The molecule has 0 fully saturated rings. The van der Waals surface area contributed by atoms with Crippen molar-refractivity contribution in [1.82, 2.24) is 5.32 Å². The molecule has 0 aliphatic carbocycles. The average Bonchev–Trinajstić information content (AvgIpc) is 2.03. The first-order valence-corrected chi connectivity index (χ1v) is 4.15. The number of thiol groups is 1. The summed E-state index contributed by atoms with van der Waals surface area (Å²) in [6, 6.07) is 8.58. The Labute approximate surface area is 73.2 Å². The lowest BCUT2D eigenvalue weighted by atomic mass is 10.1. The number of nitrogens with one attached hydrogen (secondary N) is 1. The zero-order valence-corrected chi connectivity index (χ0v) is 7.73. The van der Waals surface area contributed by atoms with E-state index >= 15 is 0 Å². The van der Waals surface area contributed by atoms with Gasteiger partial charge in [-0.05, 0) is 31.7 Å². The molecule has 0 radical (unpaired) electrons. The Morgan fingerprint density at radius 3 is 2.73 bits per heavy atom. The molecule has 0 bridgehead atoms. The van der Waals surface area contributed by atoms with Crippen molar-refractivity contribution in [2.75, 3.05) is 7.05 Å². The fraction of sp³-hybridized carbons (Fsp3) is 0.333. The second kappa shape index (κ2) is 3.79. The molecule has 0 saturated carbocycles. The fourth-order valence-corrected chi connectivity index (χ4v) is 1.20. The maximum Gasteiger partial charge on any atom is 0.0289 e. The van der Waals surface area contributed by atoms with Crippen LogP contribution in [0.25, 0.3) is 0 Å². The van der Waals surface area contributed by atoms with Gasteiger partial charge in [0, 0.05) is 10.9 Å². The molecule has 0 aliphatic rings. The van der Waals surface area contributed by atoms with Crippen LogP contribution in [0, 0.1) is 0 Å². The molecular formula is C9H13NS. The third-order valence-corrected chi connectivity index (χ3v) is 2.08. The summed E-state index contributed by atoms with van der Waals surface area (Å²) in [5, 5.41) is 3.17. The van der Waals surface area contributed by atoms with Gasteiger partial charge in [-0.25, -0.2) is 0 Å². The van der Waals surface area contributed by atoms with Crippen molar-refractivity contribution in [1.29, 1.82) is 0 Å². The van der Waals surface area contributed by atoms with Gasteiger partial charge in [-0.1, -0.05) is 12.1 Å². The lowest BCUT2D eigenvalue weighted by Crippen LogP contribution is -2.11. The van der Waals surface area contributed by atoms with Crippen LogP contribution in [-0.2, 0) is 0 Å². The van der Waals surface area contributed by atoms with Crippen LogP contribution in [0.1, 0.15) is 18.5 Å². The molecule has 0 aliphatic heterocycles. The predicted octanol–water partition coefficient (Wildman–Crippen LogP) is 2.26. The molecule has 1 rings (SSSR count). The zero-order valence-electron chi connectivity index (χ0n) is 6.83. The average molecular weight is 167 g/mol. The first kappa shape index (κ1) is 8.62. The lowest BCUT2D eigenvalue weighted by molar-refractivity contribution is 0.651. The van der Waals surface area contributed by atoms with E-state index in [1.165, 1.54) is 5.56 Å². The van der Waals surface area contributed by atoms with Gasteiger partial charge in [0.2, 0.25) is 0 Å². The van der Waals surface area contributed by atoms with Gasteiger partial charge in [-0.15, -0.1) is 12.6 Å². The SMILES string of the molecule is CN[C@@H](C)c1cccc(S)c1. The molecule has 1 aromatic rings. The Morgan fingerprint density at radius 1 is 1.45 bits per heavy atom. The molecule has 0 amide bonds. The Bertz CT molecular complexity index is 235. The third kappa shape index (κ3) is 2.24. The lowest BCUT2D eigenvalue weighted by Gasteiger charge is -2.10. The molecule has 0 heterocycles. The van der Waals surface area contributed by atoms with E-state index in [9.17, 15) is 0 Å². The molecule has 2 heteroatoms. The highest BCUT2D eigenvalue weighted by Gasteiger charge is 2.00. The highest BCUT2D eigenvalue weighted by molar-refractivity contribution is 7.80. The minimum absolute atomic E-state index is 0.405. The fourth-order valence-electron chi connectivity index (χ4n) is 0.961. The molecule has 1 atom stereocenters. The summed E-state index contributed by atoms with van der Waals surface area (Å²) in [6.45, 7) is 2.13. The molecule has 11 heavy (non-hydrogen) atoms. The maximum absolute atomic E-state index is 4.26. The van der Waals surface area contributed by atoms with E-state index in [2.05, 4.69) is 37.0 Å². The van der Waals surface area contributed by atoms with Crippen LogP contribution in [0.3, 0.4) is 0 Å². The van der Waals surface area contributed by atoms with Gasteiger partial charge < -0.3 is 5.32 Å². The topological polar surface area (TPSA) is 12.0 Å². The van der Waals surface area contributed by atoms with Crippen LogP contribution in [0.2, 0.25) is 0 Å². The standard InChI is InChI=1S/C9H13NS/c1-7(10-2)8-4-3-5-9(11)6-8/h3-7,10-11H,1-2H3/t7-/m0/s1. The Kier molecular flexibility index (Phi) is 2.97. The number of rotatable bonds is 2. The molecule has 1 nitrogen and oxygen atoms in total. The first-order chi connectivity index (χ1) is 5.24. The zero-order chi connectivity index (χ0) is 8.27. The van der Waals surface area contributed by atoms with Crippen molar-refractivity contribution in [3.8, 4) is 0 Å². The van der Waals surface area contributed by atoms with Crippen molar-refractivity contribution in [3.63, 3.8) is 0 Å². The molecule has 0 unspecified atom stereocenters. The molecular weight excluding hydrogens is 154 g/mol. The summed E-state index contributed by atoms with van der Waals surface area (Å²) in [6.07, 6.45) is 0. The second-order valence-corrected chi connectivity index (χ2v) is 3.12. The normalized spacial score (nSPS) is 13.0. The summed E-state index contributed by atoms with van der Waals surface area (Å²) in [4.78, 5) is 1.02. The monoisotopic (exact) mass is 167 g/mol. The smallest absolute Gasteiger partial charge is 0.0289 e. The number of benzene rings is 1. The van der Waals surface area contributed by atoms with Crippen LogP contribution >= 0.6 is 12.6 Å². The van der Waals surface area contributed by atoms with Crippen molar-refractivity contribution >= 4 is 12.6 Å². The second-order valence-electron chi connectivity index (χ2n) is 2.61. The summed E-state index contributed by atoms with van der Waals surface area (Å²) in [5.74, 6) is 0. The van der Waals surface area contributed by atoms with Gasteiger partial charge in [0.25, 0.3) is 0 Å². The van der Waals surface area contributed by atoms with E-state index < -0.39 is 0 Å². The van der Waals surface area contributed by atoms with Gasteiger partial charge in [0.15, 0.2) is 0 Å². The van der Waals surface area contributed by atoms with Crippen LogP contribution in [0.15, 0.2) is 29.2 Å². The maximum atomic E-state index is 4.26. The van der Waals surface area contributed by atoms with Gasteiger partial charge in [0.1, 0.15) is 0 Å². The molecule has 60 valence electrons. The van der Waals surface area contributed by atoms with E-state index in [0.717, 1.165) is 4.90 Å². The molecule has 1 aromatic carbocycles. The molecule has 0 aromatic heterocycles. The quantitative estimate of drug-likeness (QED) is 0.644. The Morgan fingerprint density at radius 2 is 2.18 bits per heavy atom. The summed E-state index contributed by atoms with van der Waals surface area (Å²) < 4.78 is 0. The van der Waals surface area contributed by atoms with E-state index in [4.69, 9.17) is 0 Å². The molecule has 0 saturated heterocycles. The molecule has 0 spiro atoms. The van der Waals surface area contributed by atoms with Crippen LogP contribution < -0.4 is 5.32 Å². The van der Waals surface area contributed by atoms with Crippen LogP contribution in [0.4, 0.5) is 0 Å². The Hall–Kier alpha value is -0.470. The van der Waals surface area contributed by atoms with Crippen LogP contribution in [-0.4, -0.2) is 7.05 Å². The summed E-state index contributed by atoms with van der Waals surface area (Å²) in [7, 11) is 1.95. The highest BCUT2D eigenvalue weighted by atomic mass is 32.1. The highest BCUT2D eigenvalue weighted by Crippen LogP contribution is 2.15. The summed E-state index contributed by atoms with van der Waals surface area (Å²) >= 11 is 4.26. The van der Waals surface area contributed by atoms with Gasteiger partial charge >= 0.3 is 0 Å². The van der Waals surface area contributed by atoms with Crippen molar-refractivity contribution in [2.45, 2.75) is 17.9 Å². The van der Waals surface area contributed by atoms with Gasteiger partial charge in [-0.2, -0.15) is 0 Å². The van der Waals surface area contributed by atoms with E-state index in [0.29, 0.717) is 6.04 Å². The Balaban J connectivity index is 2.86. The third-order valence-electron chi connectivity index (χ3n) is 1.80. The number of hydrogen-bond donors (Lipinski definition) is 2. The van der Waals surface area contributed by atoms with E-state index in [1.54, 1.807) is 0 Å². The van der Waals surface area contributed by atoms with Gasteiger partial charge in [-0.3, -0.25) is 0 Å². The first-order valence-electron chi connectivity index (χ1n) is 3.70. The molecule has 1 N–H and O–H groups in total. The minimum atomic E-state index is 0.405. The van der Waals surface area contributed by atoms with Crippen molar-refractivity contribution in [3.05, 3.63) is 29.8 Å².